The van der Waals surface area contributed by atoms with E-state index in [2.05, 4.69) is 5.32 Å². The number of nitrogens with zero attached hydrogens (tertiary/aromatic N) is 2. The fourth-order valence-electron chi connectivity index (χ4n) is 2.04. The van der Waals surface area contributed by atoms with Gasteiger partial charge in [-0.1, -0.05) is 13.3 Å². The molecule has 0 unspecified atom stereocenters. The molecule has 0 radical (unpaired) electrons. The third-order valence-corrected chi connectivity index (χ3v) is 3.15. The van der Waals surface area contributed by atoms with Gasteiger partial charge in [0.25, 0.3) is 11.6 Å². The van der Waals surface area contributed by atoms with E-state index < -0.39 is 4.92 Å². The van der Waals surface area contributed by atoms with Crippen molar-refractivity contribution in [1.29, 1.82) is 0 Å². The van der Waals surface area contributed by atoms with Crippen molar-refractivity contribution in [3.8, 4) is 0 Å². The molecule has 7 nitrogen and oxygen atoms in total. The van der Waals surface area contributed by atoms with Gasteiger partial charge in [0.15, 0.2) is 0 Å². The number of aliphatic hydroxyl groups is 1. The Kier molecular flexibility index (Phi) is 6.61. The van der Waals surface area contributed by atoms with E-state index in [1.165, 1.54) is 25.2 Å². The summed E-state index contributed by atoms with van der Waals surface area (Å²) in [5, 5.41) is 22.8. The lowest BCUT2D eigenvalue weighted by molar-refractivity contribution is -0.384. The SMILES string of the molecule is CCCCN(CCO)c1cc(C(=O)NC)ccc1[N+](=O)[O-]. The molecule has 0 aliphatic rings. The summed E-state index contributed by atoms with van der Waals surface area (Å²) >= 11 is 0. The summed E-state index contributed by atoms with van der Waals surface area (Å²) in [7, 11) is 1.51. The van der Waals surface area contributed by atoms with E-state index in [1.54, 1.807) is 4.90 Å². The topological polar surface area (TPSA) is 95.7 Å². The lowest BCUT2D eigenvalue weighted by Crippen LogP contribution is -2.29. The average Bonchev–Trinajstić information content (AvgIpc) is 2.49. The molecular formula is C14H21N3O4. The predicted octanol–water partition coefficient (Wildman–Crippen LogP) is 1.55. The number of aliphatic hydroxyl groups excluding tert-OH is 1. The summed E-state index contributed by atoms with van der Waals surface area (Å²) in [5.41, 5.74) is 0.661. The number of carbonyl (C=O) groups is 1. The van der Waals surface area contributed by atoms with Crippen molar-refractivity contribution in [3.63, 3.8) is 0 Å². The Hall–Kier alpha value is -2.15. The fraction of sp³-hybridized carbons (Fsp3) is 0.500. The van der Waals surface area contributed by atoms with Crippen LogP contribution in [0, 0.1) is 10.1 Å². The molecule has 7 heteroatoms. The van der Waals surface area contributed by atoms with E-state index in [0.717, 1.165) is 12.8 Å². The molecule has 0 aliphatic heterocycles. The van der Waals surface area contributed by atoms with E-state index in [4.69, 9.17) is 5.11 Å². The molecule has 0 saturated heterocycles. The van der Waals surface area contributed by atoms with Crippen LogP contribution >= 0.6 is 0 Å². The molecule has 116 valence electrons. The zero-order chi connectivity index (χ0) is 15.8. The van der Waals surface area contributed by atoms with Crippen LogP contribution in [0.15, 0.2) is 18.2 Å². The summed E-state index contributed by atoms with van der Waals surface area (Å²) in [5.74, 6) is -0.300. The van der Waals surface area contributed by atoms with Gasteiger partial charge in [0.1, 0.15) is 5.69 Å². The van der Waals surface area contributed by atoms with Crippen LogP contribution in [-0.2, 0) is 0 Å². The second-order valence-corrected chi connectivity index (χ2v) is 4.60. The van der Waals surface area contributed by atoms with Gasteiger partial charge in [0.2, 0.25) is 0 Å². The van der Waals surface area contributed by atoms with E-state index >= 15 is 0 Å². The first kappa shape index (κ1) is 16.9. The molecule has 0 aromatic heterocycles. The van der Waals surface area contributed by atoms with Gasteiger partial charge in [-0.15, -0.1) is 0 Å². The van der Waals surface area contributed by atoms with E-state index in [9.17, 15) is 14.9 Å². The predicted molar refractivity (Wildman–Crippen MR) is 80.7 cm³/mol. The number of nitrogens with one attached hydrogen (secondary N) is 1. The van der Waals surface area contributed by atoms with Crippen molar-refractivity contribution in [1.82, 2.24) is 5.32 Å². The first-order chi connectivity index (χ1) is 10.0. The normalized spacial score (nSPS) is 10.2. The maximum Gasteiger partial charge on any atom is 0.292 e. The second kappa shape index (κ2) is 8.21. The fourth-order valence-corrected chi connectivity index (χ4v) is 2.04. The number of nitro benzene ring substituents is 1. The first-order valence-electron chi connectivity index (χ1n) is 6.91. The van der Waals surface area contributed by atoms with Crippen LogP contribution in [-0.4, -0.2) is 42.7 Å². The van der Waals surface area contributed by atoms with E-state index in [1.807, 2.05) is 6.92 Å². The van der Waals surface area contributed by atoms with Crippen molar-refractivity contribution >= 4 is 17.3 Å². The number of nitro groups is 1. The van der Waals surface area contributed by atoms with E-state index in [-0.39, 0.29) is 24.7 Å². The van der Waals surface area contributed by atoms with Gasteiger partial charge in [0.05, 0.1) is 11.5 Å². The Balaban J connectivity index is 3.24. The highest BCUT2D eigenvalue weighted by molar-refractivity contribution is 5.95. The van der Waals surface area contributed by atoms with Crippen molar-refractivity contribution in [3.05, 3.63) is 33.9 Å². The summed E-state index contributed by atoms with van der Waals surface area (Å²) in [6.45, 7) is 2.80. The molecule has 2 N–H and O–H groups in total. The molecule has 0 saturated carbocycles. The monoisotopic (exact) mass is 295 g/mol. The lowest BCUT2D eigenvalue weighted by Gasteiger charge is -2.24. The molecule has 21 heavy (non-hydrogen) atoms. The maximum absolute atomic E-state index is 11.7. The van der Waals surface area contributed by atoms with Crippen molar-refractivity contribution in [2.75, 3.05) is 31.6 Å². The Morgan fingerprint density at radius 2 is 2.14 bits per heavy atom. The number of amides is 1. The van der Waals surface area contributed by atoms with Gasteiger partial charge >= 0.3 is 0 Å². The number of unbranched alkanes of at least 4 members (excludes halogenated alkanes) is 1. The number of hydrogen-bond donors (Lipinski definition) is 2. The average molecular weight is 295 g/mol. The quantitative estimate of drug-likeness (QED) is 0.560. The van der Waals surface area contributed by atoms with Crippen LogP contribution in [0.25, 0.3) is 0 Å². The van der Waals surface area contributed by atoms with E-state index in [0.29, 0.717) is 17.8 Å². The maximum atomic E-state index is 11.7. The summed E-state index contributed by atoms with van der Waals surface area (Å²) < 4.78 is 0. The highest BCUT2D eigenvalue weighted by atomic mass is 16.6. The minimum absolute atomic E-state index is 0.0628. The Labute approximate surface area is 123 Å². The van der Waals surface area contributed by atoms with Crippen LogP contribution in [0.5, 0.6) is 0 Å². The van der Waals surface area contributed by atoms with Gasteiger partial charge in [0, 0.05) is 31.8 Å². The first-order valence-corrected chi connectivity index (χ1v) is 6.91. The van der Waals surface area contributed by atoms with Crippen molar-refractivity contribution in [2.45, 2.75) is 19.8 Å². The number of hydrogen-bond acceptors (Lipinski definition) is 5. The van der Waals surface area contributed by atoms with Gasteiger partial charge < -0.3 is 15.3 Å². The minimum atomic E-state index is -0.473. The van der Waals surface area contributed by atoms with Gasteiger partial charge in [-0.3, -0.25) is 14.9 Å². The van der Waals surface area contributed by atoms with Crippen LogP contribution in [0.3, 0.4) is 0 Å². The summed E-state index contributed by atoms with van der Waals surface area (Å²) in [6.07, 6.45) is 1.78. The lowest BCUT2D eigenvalue weighted by atomic mass is 10.1. The van der Waals surface area contributed by atoms with Crippen molar-refractivity contribution in [2.24, 2.45) is 0 Å². The smallest absolute Gasteiger partial charge is 0.292 e. The van der Waals surface area contributed by atoms with Crippen LogP contribution in [0.4, 0.5) is 11.4 Å². The van der Waals surface area contributed by atoms with Gasteiger partial charge in [-0.25, -0.2) is 0 Å². The van der Waals surface area contributed by atoms with Gasteiger partial charge in [-0.2, -0.15) is 0 Å². The Morgan fingerprint density at radius 1 is 1.43 bits per heavy atom. The molecule has 1 amide bonds. The summed E-state index contributed by atoms with van der Waals surface area (Å²) in [4.78, 5) is 24.1. The molecule has 0 heterocycles. The molecule has 0 spiro atoms. The molecule has 1 rings (SSSR count). The standard InChI is InChI=1S/C14H21N3O4/c1-3-4-7-16(8-9-18)13-10-11(14(19)15-2)5-6-12(13)17(20)21/h5-6,10,18H,3-4,7-9H2,1-2H3,(H,15,19). The third-order valence-electron chi connectivity index (χ3n) is 3.15. The van der Waals surface area contributed by atoms with Crippen molar-refractivity contribution < 1.29 is 14.8 Å². The second-order valence-electron chi connectivity index (χ2n) is 4.60. The summed E-state index contributed by atoms with van der Waals surface area (Å²) in [6, 6.07) is 4.26. The number of anilines is 1. The largest absolute Gasteiger partial charge is 0.395 e. The number of carbonyl (C=O) groups excluding carboxylic acids is 1. The van der Waals surface area contributed by atoms with Crippen LogP contribution in [0.2, 0.25) is 0 Å². The Morgan fingerprint density at radius 3 is 2.67 bits per heavy atom. The molecule has 1 aromatic carbocycles. The molecule has 0 bridgehead atoms. The van der Waals surface area contributed by atoms with Crippen LogP contribution in [0.1, 0.15) is 30.1 Å². The molecule has 0 fully saturated rings. The van der Waals surface area contributed by atoms with Crippen LogP contribution < -0.4 is 10.2 Å². The molecule has 1 aromatic rings. The highest BCUT2D eigenvalue weighted by Crippen LogP contribution is 2.29. The zero-order valence-corrected chi connectivity index (χ0v) is 12.3. The molecular weight excluding hydrogens is 274 g/mol. The minimum Gasteiger partial charge on any atom is -0.395 e. The Bertz CT molecular complexity index is 505. The van der Waals surface area contributed by atoms with Gasteiger partial charge in [-0.05, 0) is 18.6 Å². The molecule has 0 atom stereocenters. The zero-order valence-electron chi connectivity index (χ0n) is 12.3. The highest BCUT2D eigenvalue weighted by Gasteiger charge is 2.21. The third kappa shape index (κ3) is 4.42. The number of rotatable bonds is 8. The molecule has 0 aliphatic carbocycles. The number of benzene rings is 1.